The first-order valence-electron chi connectivity index (χ1n) is 6.20. The van der Waals surface area contributed by atoms with Crippen LogP contribution in [-0.4, -0.2) is 19.3 Å². The molecule has 17 heavy (non-hydrogen) atoms. The highest BCUT2D eigenvalue weighted by molar-refractivity contribution is 7.87. The summed E-state index contributed by atoms with van der Waals surface area (Å²) in [4.78, 5) is 0. The summed E-state index contributed by atoms with van der Waals surface area (Å²) in [5, 5.41) is -0.462. The van der Waals surface area contributed by atoms with Crippen molar-refractivity contribution in [3.8, 4) is 0 Å². The molecule has 0 radical (unpaired) electrons. The fourth-order valence-corrected chi connectivity index (χ4v) is 2.79. The largest absolute Gasteiger partial charge is 0.270 e. The molecular weight excluding hydrogens is 236 g/mol. The van der Waals surface area contributed by atoms with Crippen LogP contribution in [0.4, 0.5) is 0 Å². The van der Waals surface area contributed by atoms with Gasteiger partial charge >= 0.3 is 0 Å². The minimum Gasteiger partial charge on any atom is -0.264 e. The van der Waals surface area contributed by atoms with Crippen LogP contribution in [0.25, 0.3) is 0 Å². The van der Waals surface area contributed by atoms with Crippen LogP contribution in [0.15, 0.2) is 0 Å². The summed E-state index contributed by atoms with van der Waals surface area (Å²) in [6, 6.07) is 0. The van der Waals surface area contributed by atoms with Crippen LogP contribution in [0.2, 0.25) is 0 Å². The molecule has 0 saturated carbocycles. The van der Waals surface area contributed by atoms with Gasteiger partial charge in [0.2, 0.25) is 0 Å². The van der Waals surface area contributed by atoms with Crippen LogP contribution in [0.1, 0.15) is 61.8 Å². The SMILES string of the molecule is CC(CC(C)S(=O)(=O)OC(C)(C)C)C(C)(C)C. The Morgan fingerprint density at radius 1 is 1.00 bits per heavy atom. The molecule has 0 spiro atoms. The van der Waals surface area contributed by atoms with E-state index in [0.717, 1.165) is 0 Å². The minimum atomic E-state index is -3.47. The zero-order valence-corrected chi connectivity index (χ0v) is 13.3. The van der Waals surface area contributed by atoms with Gasteiger partial charge in [-0.3, -0.25) is 4.18 Å². The van der Waals surface area contributed by atoms with Crippen molar-refractivity contribution in [3.63, 3.8) is 0 Å². The quantitative estimate of drug-likeness (QED) is 0.729. The number of hydrogen-bond acceptors (Lipinski definition) is 3. The lowest BCUT2D eigenvalue weighted by atomic mass is 9.79. The van der Waals surface area contributed by atoms with E-state index >= 15 is 0 Å². The second-order valence-electron chi connectivity index (χ2n) is 7.00. The first kappa shape index (κ1) is 16.9. The molecule has 0 aromatic heterocycles. The second-order valence-corrected chi connectivity index (χ2v) is 8.96. The predicted molar refractivity (Wildman–Crippen MR) is 72.5 cm³/mol. The molecule has 0 amide bonds. The summed E-state index contributed by atoms with van der Waals surface area (Å²) in [5.41, 5.74) is -0.538. The third-order valence-electron chi connectivity index (χ3n) is 3.02. The molecule has 0 aliphatic heterocycles. The average molecular weight is 264 g/mol. The van der Waals surface area contributed by atoms with Crippen molar-refractivity contribution in [2.24, 2.45) is 11.3 Å². The Kier molecular flexibility index (Phi) is 5.24. The molecule has 0 fully saturated rings. The lowest BCUT2D eigenvalue weighted by Crippen LogP contribution is -2.32. The molecule has 0 N–H and O–H groups in total. The third-order valence-corrected chi connectivity index (χ3v) is 4.93. The summed E-state index contributed by atoms with van der Waals surface area (Å²) in [6.07, 6.45) is 0.627. The van der Waals surface area contributed by atoms with Gasteiger partial charge in [0.05, 0.1) is 10.9 Å². The van der Waals surface area contributed by atoms with Crippen molar-refractivity contribution >= 4 is 10.1 Å². The zero-order valence-electron chi connectivity index (χ0n) is 12.5. The molecule has 0 rings (SSSR count). The molecule has 104 valence electrons. The van der Waals surface area contributed by atoms with Gasteiger partial charge in [0, 0.05) is 0 Å². The molecule has 0 aliphatic carbocycles. The maximum Gasteiger partial charge on any atom is 0.270 e. The van der Waals surface area contributed by atoms with E-state index in [1.807, 2.05) is 0 Å². The van der Waals surface area contributed by atoms with E-state index in [1.165, 1.54) is 0 Å². The predicted octanol–water partition coefficient (Wildman–Crippen LogP) is 3.59. The van der Waals surface area contributed by atoms with E-state index in [-0.39, 0.29) is 5.41 Å². The summed E-state index contributed by atoms with van der Waals surface area (Å²) in [6.45, 7) is 15.5. The highest BCUT2D eigenvalue weighted by Gasteiger charge is 2.31. The average Bonchev–Trinajstić information content (AvgIpc) is 1.96. The topological polar surface area (TPSA) is 43.4 Å². The maximum absolute atomic E-state index is 12.0. The number of rotatable bonds is 4. The van der Waals surface area contributed by atoms with Gasteiger partial charge in [-0.25, -0.2) is 0 Å². The van der Waals surface area contributed by atoms with Gasteiger partial charge in [-0.1, -0.05) is 27.7 Å². The van der Waals surface area contributed by atoms with Crippen LogP contribution in [0.3, 0.4) is 0 Å². The van der Waals surface area contributed by atoms with E-state index in [9.17, 15) is 8.42 Å². The van der Waals surface area contributed by atoms with Gasteiger partial charge in [-0.05, 0) is 45.4 Å². The van der Waals surface area contributed by atoms with Crippen LogP contribution in [0.5, 0.6) is 0 Å². The van der Waals surface area contributed by atoms with Crippen molar-refractivity contribution in [2.45, 2.75) is 72.7 Å². The molecule has 4 heteroatoms. The highest BCUT2D eigenvalue weighted by Crippen LogP contribution is 2.31. The van der Waals surface area contributed by atoms with E-state index in [2.05, 4.69) is 27.7 Å². The van der Waals surface area contributed by atoms with E-state index in [0.29, 0.717) is 12.3 Å². The van der Waals surface area contributed by atoms with Crippen LogP contribution in [0, 0.1) is 11.3 Å². The summed E-state index contributed by atoms with van der Waals surface area (Å²) in [7, 11) is -3.47. The van der Waals surface area contributed by atoms with Gasteiger partial charge in [0.1, 0.15) is 0 Å². The Morgan fingerprint density at radius 3 is 1.71 bits per heavy atom. The van der Waals surface area contributed by atoms with Gasteiger partial charge < -0.3 is 0 Å². The van der Waals surface area contributed by atoms with Gasteiger partial charge in [0.15, 0.2) is 0 Å². The Balaban J connectivity index is 4.67. The Hall–Kier alpha value is -0.0900. The molecule has 0 aliphatic rings. The second kappa shape index (κ2) is 5.27. The van der Waals surface area contributed by atoms with Crippen molar-refractivity contribution in [1.29, 1.82) is 0 Å². The van der Waals surface area contributed by atoms with E-state index in [4.69, 9.17) is 4.18 Å². The van der Waals surface area contributed by atoms with Crippen LogP contribution < -0.4 is 0 Å². The first-order valence-corrected chi connectivity index (χ1v) is 7.67. The minimum absolute atomic E-state index is 0.117. The maximum atomic E-state index is 12.0. The van der Waals surface area contributed by atoms with Crippen molar-refractivity contribution in [1.82, 2.24) is 0 Å². The normalized spacial score (nSPS) is 17.9. The third kappa shape index (κ3) is 6.41. The molecule has 0 heterocycles. The van der Waals surface area contributed by atoms with Gasteiger partial charge in [-0.15, -0.1) is 0 Å². The summed E-state index contributed by atoms with van der Waals surface area (Å²) in [5.74, 6) is 0.329. The molecule has 3 nitrogen and oxygen atoms in total. The molecule has 2 unspecified atom stereocenters. The van der Waals surface area contributed by atoms with E-state index < -0.39 is 21.0 Å². The molecular formula is C13H28O3S. The smallest absolute Gasteiger partial charge is 0.264 e. The lowest BCUT2D eigenvalue weighted by molar-refractivity contribution is 0.135. The Bertz CT molecular complexity index is 331. The van der Waals surface area contributed by atoms with Gasteiger partial charge in [0.25, 0.3) is 10.1 Å². The fourth-order valence-electron chi connectivity index (χ4n) is 1.40. The Labute approximate surface area is 107 Å². The van der Waals surface area contributed by atoms with Crippen LogP contribution in [-0.2, 0) is 14.3 Å². The number of hydrogen-bond donors (Lipinski definition) is 0. The summed E-state index contributed by atoms with van der Waals surface area (Å²) < 4.78 is 29.1. The molecule has 0 saturated heterocycles. The van der Waals surface area contributed by atoms with E-state index in [1.54, 1.807) is 27.7 Å². The molecule has 0 bridgehead atoms. The van der Waals surface area contributed by atoms with Gasteiger partial charge in [-0.2, -0.15) is 8.42 Å². The lowest BCUT2D eigenvalue weighted by Gasteiger charge is -2.30. The van der Waals surface area contributed by atoms with Crippen LogP contribution >= 0.6 is 0 Å². The van der Waals surface area contributed by atoms with Crippen molar-refractivity contribution in [3.05, 3.63) is 0 Å². The molecule has 0 aromatic carbocycles. The highest BCUT2D eigenvalue weighted by atomic mass is 32.2. The molecule has 2 atom stereocenters. The van der Waals surface area contributed by atoms with Crippen molar-refractivity contribution < 1.29 is 12.6 Å². The monoisotopic (exact) mass is 264 g/mol. The van der Waals surface area contributed by atoms with Crippen molar-refractivity contribution in [2.75, 3.05) is 0 Å². The fraction of sp³-hybridized carbons (Fsp3) is 1.00. The molecule has 0 aromatic rings. The standard InChI is InChI=1S/C13H28O3S/c1-10(12(3,4)5)9-11(2)17(14,15)16-13(6,7)8/h10-11H,9H2,1-8H3. The Morgan fingerprint density at radius 2 is 1.41 bits per heavy atom. The summed E-state index contributed by atoms with van der Waals surface area (Å²) >= 11 is 0. The first-order chi connectivity index (χ1) is 7.26. The zero-order chi connectivity index (χ0) is 14.1.